The number of hydrogen-bond donors (Lipinski definition) is 1. The van der Waals surface area contributed by atoms with E-state index in [0.717, 1.165) is 28.0 Å². The number of amides is 2. The average Bonchev–Trinajstić information content (AvgIpc) is 2.99. The Balaban J connectivity index is 1.98. The summed E-state index contributed by atoms with van der Waals surface area (Å²) in [6.45, 7) is 6.30. The highest BCUT2D eigenvalue weighted by Crippen LogP contribution is 2.21. The second kappa shape index (κ2) is 17.8. The molecule has 1 N–H and O–H groups in total. The summed E-state index contributed by atoms with van der Waals surface area (Å²) in [5.41, 5.74) is 4.18. The largest absolute Gasteiger partial charge is 0.443 e. The van der Waals surface area contributed by atoms with E-state index in [2.05, 4.69) is 5.43 Å². The molecule has 3 atom stereocenters. The first kappa shape index (κ1) is 36.7. The summed E-state index contributed by atoms with van der Waals surface area (Å²) in [6.07, 6.45) is -3.22. The van der Waals surface area contributed by atoms with E-state index in [0.29, 0.717) is 0 Å². The van der Waals surface area contributed by atoms with Gasteiger partial charge in [0, 0.05) is 6.92 Å². The molecule has 0 aliphatic rings. The molecule has 3 aromatic carbocycles. The molecular formula is C34H44N2O9S. The summed E-state index contributed by atoms with van der Waals surface area (Å²) in [4.78, 5) is 25.5. The molecule has 0 aromatic heterocycles. The summed E-state index contributed by atoms with van der Waals surface area (Å²) >= 11 is 0. The first-order chi connectivity index (χ1) is 21.8. The van der Waals surface area contributed by atoms with Crippen molar-refractivity contribution in [1.82, 2.24) is 10.4 Å². The van der Waals surface area contributed by atoms with Crippen LogP contribution in [0.3, 0.4) is 0 Å². The molecule has 0 unspecified atom stereocenters. The summed E-state index contributed by atoms with van der Waals surface area (Å²) < 4.78 is 54.7. The molecule has 12 heteroatoms. The van der Waals surface area contributed by atoms with Crippen LogP contribution in [0.4, 0.5) is 4.79 Å². The fourth-order valence-electron chi connectivity index (χ4n) is 4.36. The molecule has 11 nitrogen and oxygen atoms in total. The van der Waals surface area contributed by atoms with Crippen LogP contribution in [0.2, 0.25) is 0 Å². The Hall–Kier alpha value is -3.81. The van der Waals surface area contributed by atoms with Crippen LogP contribution in [0.5, 0.6) is 0 Å². The van der Waals surface area contributed by atoms with Crippen LogP contribution in [0.15, 0.2) is 91.0 Å². The molecule has 3 rings (SSSR count). The molecule has 0 saturated heterocycles. The highest BCUT2D eigenvalue weighted by Gasteiger charge is 2.37. The minimum atomic E-state index is -4.02. The van der Waals surface area contributed by atoms with E-state index in [1.54, 1.807) is 20.8 Å². The lowest BCUT2D eigenvalue weighted by atomic mass is 10.1. The minimum absolute atomic E-state index is 0.0680. The van der Waals surface area contributed by atoms with Gasteiger partial charge in [0.25, 0.3) is 10.1 Å². The van der Waals surface area contributed by atoms with Gasteiger partial charge in [-0.1, -0.05) is 91.0 Å². The second-order valence-electron chi connectivity index (χ2n) is 11.7. The van der Waals surface area contributed by atoms with Crippen LogP contribution in [-0.4, -0.2) is 68.7 Å². The number of hydrazine groups is 1. The van der Waals surface area contributed by atoms with Crippen molar-refractivity contribution in [2.75, 3.05) is 19.4 Å². The summed E-state index contributed by atoms with van der Waals surface area (Å²) in [7, 11) is -4.02. The third-order valence-electron chi connectivity index (χ3n) is 6.38. The molecular weight excluding hydrogens is 612 g/mol. The van der Waals surface area contributed by atoms with Gasteiger partial charge in [0.15, 0.2) is 0 Å². The number of carbonyl (C=O) groups is 2. The van der Waals surface area contributed by atoms with Crippen LogP contribution in [0.1, 0.15) is 44.4 Å². The van der Waals surface area contributed by atoms with Crippen LogP contribution in [-0.2, 0) is 57.9 Å². The smallest absolute Gasteiger partial charge is 0.426 e. The van der Waals surface area contributed by atoms with Gasteiger partial charge in [-0.25, -0.2) is 15.2 Å². The highest BCUT2D eigenvalue weighted by atomic mass is 32.2. The van der Waals surface area contributed by atoms with Crippen molar-refractivity contribution in [3.8, 4) is 0 Å². The topological polar surface area (TPSA) is 130 Å². The van der Waals surface area contributed by atoms with Crippen molar-refractivity contribution in [2.45, 2.75) is 71.4 Å². The van der Waals surface area contributed by atoms with Gasteiger partial charge >= 0.3 is 6.09 Å². The third kappa shape index (κ3) is 14.1. The molecule has 0 spiro atoms. The summed E-state index contributed by atoms with van der Waals surface area (Å²) in [5, 5.41) is 1.05. The molecule has 0 heterocycles. The fraction of sp³-hybridized carbons (Fsp3) is 0.412. The third-order valence-corrected chi connectivity index (χ3v) is 6.98. The number of hydrogen-bond acceptors (Lipinski definition) is 9. The Morgan fingerprint density at radius 3 is 1.70 bits per heavy atom. The van der Waals surface area contributed by atoms with Gasteiger partial charge in [-0.05, 0) is 37.5 Å². The molecule has 0 saturated carbocycles. The van der Waals surface area contributed by atoms with Crippen molar-refractivity contribution in [2.24, 2.45) is 0 Å². The van der Waals surface area contributed by atoms with Crippen molar-refractivity contribution < 1.29 is 41.1 Å². The maximum absolute atomic E-state index is 12.8. The van der Waals surface area contributed by atoms with Gasteiger partial charge in [0.2, 0.25) is 5.91 Å². The van der Waals surface area contributed by atoms with Crippen molar-refractivity contribution in [3.63, 3.8) is 0 Å². The fourth-order valence-corrected chi connectivity index (χ4v) is 4.98. The Labute approximate surface area is 271 Å². The van der Waals surface area contributed by atoms with Crippen molar-refractivity contribution in [3.05, 3.63) is 108 Å². The molecule has 2 amide bonds. The lowest BCUT2D eigenvalue weighted by molar-refractivity contribution is -0.155. The monoisotopic (exact) mass is 656 g/mol. The normalized spacial score (nSPS) is 13.8. The molecule has 250 valence electrons. The molecule has 0 fully saturated rings. The number of rotatable bonds is 16. The molecule has 0 aliphatic carbocycles. The Morgan fingerprint density at radius 2 is 1.24 bits per heavy atom. The number of nitrogens with one attached hydrogen (secondary N) is 1. The second-order valence-corrected chi connectivity index (χ2v) is 13.3. The number of ether oxygens (including phenoxy) is 4. The average molecular weight is 657 g/mol. The molecule has 3 aromatic rings. The maximum atomic E-state index is 12.8. The zero-order valence-electron chi connectivity index (χ0n) is 27.0. The van der Waals surface area contributed by atoms with E-state index >= 15 is 0 Å². The van der Waals surface area contributed by atoms with E-state index in [4.69, 9.17) is 23.1 Å². The SMILES string of the molecule is CC(=O)N(C[C@H](OCc1ccccc1)[C@@H](OCc1ccccc1)[C@@H](COCc1ccccc1)OS(C)(=O)=O)NC(=O)OC(C)(C)C. The van der Waals surface area contributed by atoms with Crippen LogP contribution >= 0.6 is 0 Å². The van der Waals surface area contributed by atoms with Crippen LogP contribution in [0.25, 0.3) is 0 Å². The van der Waals surface area contributed by atoms with E-state index in [1.807, 2.05) is 91.0 Å². The number of carbonyl (C=O) groups excluding carboxylic acids is 2. The molecule has 0 aliphatic heterocycles. The number of nitrogens with zero attached hydrogens (tertiary/aromatic N) is 1. The van der Waals surface area contributed by atoms with Gasteiger partial charge in [-0.2, -0.15) is 8.42 Å². The quantitative estimate of drug-likeness (QED) is 0.167. The van der Waals surface area contributed by atoms with E-state index in [9.17, 15) is 18.0 Å². The predicted octanol–water partition coefficient (Wildman–Crippen LogP) is 5.01. The van der Waals surface area contributed by atoms with Crippen LogP contribution in [0, 0.1) is 0 Å². The Bertz CT molecular complexity index is 1450. The van der Waals surface area contributed by atoms with E-state index < -0.39 is 46.0 Å². The summed E-state index contributed by atoms with van der Waals surface area (Å²) in [5.74, 6) is -0.512. The standard InChI is InChI=1S/C34H44N2O9S/c1-26(37)36(35-33(38)44-34(2,3)4)21-30(42-23-28-17-11-7-12-18-28)32(43-24-29-19-13-8-14-20-29)31(45-46(5,39)40)25-41-22-27-15-9-6-10-16-27/h6-20,30-32H,21-25H2,1-5H3,(H,35,38)/t30-,31+,32+/m0/s1. The van der Waals surface area contributed by atoms with Crippen LogP contribution < -0.4 is 5.43 Å². The summed E-state index contributed by atoms with van der Waals surface area (Å²) in [6, 6.07) is 28.0. The number of benzene rings is 3. The van der Waals surface area contributed by atoms with Gasteiger partial charge in [0.1, 0.15) is 23.9 Å². The van der Waals surface area contributed by atoms with Crippen molar-refractivity contribution >= 4 is 22.1 Å². The lowest BCUT2D eigenvalue weighted by Crippen LogP contribution is -2.55. The van der Waals surface area contributed by atoms with Gasteiger partial charge in [-0.3, -0.25) is 8.98 Å². The van der Waals surface area contributed by atoms with Gasteiger partial charge in [-0.15, -0.1) is 0 Å². The van der Waals surface area contributed by atoms with Gasteiger partial charge < -0.3 is 18.9 Å². The minimum Gasteiger partial charge on any atom is -0.443 e. The van der Waals surface area contributed by atoms with Crippen molar-refractivity contribution in [1.29, 1.82) is 0 Å². The zero-order valence-corrected chi connectivity index (χ0v) is 27.8. The van der Waals surface area contributed by atoms with E-state index in [-0.39, 0.29) is 33.0 Å². The Morgan fingerprint density at radius 1 is 0.761 bits per heavy atom. The first-order valence-electron chi connectivity index (χ1n) is 14.9. The molecule has 0 bridgehead atoms. The molecule has 46 heavy (non-hydrogen) atoms. The first-order valence-corrected chi connectivity index (χ1v) is 16.7. The zero-order chi connectivity index (χ0) is 33.6. The van der Waals surface area contributed by atoms with E-state index in [1.165, 1.54) is 6.92 Å². The molecule has 0 radical (unpaired) electrons. The predicted molar refractivity (Wildman–Crippen MR) is 173 cm³/mol. The highest BCUT2D eigenvalue weighted by molar-refractivity contribution is 7.86. The van der Waals surface area contributed by atoms with Gasteiger partial charge in [0.05, 0.1) is 39.2 Å². The lowest BCUT2D eigenvalue weighted by Gasteiger charge is -2.35. The maximum Gasteiger partial charge on any atom is 0.426 e. The Kier molecular flexibility index (Phi) is 14.2.